The van der Waals surface area contributed by atoms with Crippen molar-refractivity contribution < 1.29 is 22.7 Å². The van der Waals surface area contributed by atoms with Crippen LogP contribution in [0.2, 0.25) is 0 Å². The number of nitrogens with zero attached hydrogens (tertiary/aromatic N) is 2. The third-order valence-electron chi connectivity index (χ3n) is 3.16. The van der Waals surface area contributed by atoms with Crippen LogP contribution in [-0.4, -0.2) is 37.4 Å². The first-order chi connectivity index (χ1) is 11.6. The van der Waals surface area contributed by atoms with Crippen LogP contribution in [0.5, 0.6) is 0 Å². The highest BCUT2D eigenvalue weighted by molar-refractivity contribution is 7.89. The number of primary sulfonamides is 1. The lowest BCUT2D eigenvalue weighted by Crippen LogP contribution is -2.24. The summed E-state index contributed by atoms with van der Waals surface area (Å²) in [6.45, 7) is 3.44. The summed E-state index contributed by atoms with van der Waals surface area (Å²) in [7, 11) is -3.29. The highest BCUT2D eigenvalue weighted by atomic mass is 32.2. The highest BCUT2D eigenvalue weighted by Gasteiger charge is 2.27. The number of aryl methyl sites for hydroxylation is 2. The largest absolute Gasteiger partial charge is 0.465 e. The van der Waals surface area contributed by atoms with E-state index in [0.717, 1.165) is 7.11 Å². The lowest BCUT2D eigenvalue weighted by molar-refractivity contribution is 0.0596. The molecular formula is C15H16N4O5S. The van der Waals surface area contributed by atoms with Gasteiger partial charge in [0.05, 0.1) is 18.2 Å². The van der Waals surface area contributed by atoms with Crippen molar-refractivity contribution in [3.05, 3.63) is 46.8 Å². The van der Waals surface area contributed by atoms with Crippen molar-refractivity contribution in [3.63, 3.8) is 0 Å². The van der Waals surface area contributed by atoms with Gasteiger partial charge in [-0.3, -0.25) is 10.1 Å². The molecule has 1 aromatic heterocycles. The second kappa shape index (κ2) is 6.95. The molecule has 0 aliphatic heterocycles. The molecule has 0 fully saturated rings. The van der Waals surface area contributed by atoms with Crippen LogP contribution in [0, 0.1) is 13.8 Å². The number of rotatable bonds is 4. The minimum atomic E-state index is -4.38. The van der Waals surface area contributed by atoms with Crippen LogP contribution in [0.4, 0.5) is 5.95 Å². The number of esters is 1. The fourth-order valence-electron chi connectivity index (χ4n) is 2.24. The lowest BCUT2D eigenvalue weighted by atomic mass is 10.1. The summed E-state index contributed by atoms with van der Waals surface area (Å²) in [5, 5.41) is 7.59. The van der Waals surface area contributed by atoms with E-state index in [2.05, 4.69) is 20.0 Å². The number of sulfonamides is 1. The number of hydrogen-bond acceptors (Lipinski definition) is 7. The number of ether oxygens (including phenoxy) is 1. The lowest BCUT2D eigenvalue weighted by Gasteiger charge is -2.12. The van der Waals surface area contributed by atoms with E-state index in [-0.39, 0.29) is 17.1 Å². The maximum absolute atomic E-state index is 12.5. The van der Waals surface area contributed by atoms with E-state index < -0.39 is 26.8 Å². The number of carbonyl (C=O) groups excluding carboxylic acids is 2. The molecular weight excluding hydrogens is 348 g/mol. The highest BCUT2D eigenvalue weighted by Crippen LogP contribution is 2.21. The summed E-state index contributed by atoms with van der Waals surface area (Å²) >= 11 is 0. The van der Waals surface area contributed by atoms with E-state index in [1.807, 2.05) is 0 Å². The van der Waals surface area contributed by atoms with Gasteiger partial charge in [-0.25, -0.2) is 28.3 Å². The summed E-state index contributed by atoms with van der Waals surface area (Å²) in [6, 6.07) is 5.49. The van der Waals surface area contributed by atoms with E-state index >= 15 is 0 Å². The van der Waals surface area contributed by atoms with Crippen LogP contribution in [0.1, 0.15) is 32.1 Å². The van der Waals surface area contributed by atoms with Gasteiger partial charge in [-0.1, -0.05) is 6.07 Å². The number of benzene rings is 1. The van der Waals surface area contributed by atoms with Crippen molar-refractivity contribution in [2.75, 3.05) is 12.4 Å². The molecule has 1 aromatic carbocycles. The molecule has 2 rings (SSSR count). The smallest absolute Gasteiger partial charge is 0.339 e. The molecule has 1 amide bonds. The molecule has 0 bridgehead atoms. The molecule has 132 valence electrons. The summed E-state index contributed by atoms with van der Waals surface area (Å²) in [6.07, 6.45) is 0. The molecule has 0 spiro atoms. The molecule has 0 radical (unpaired) electrons. The van der Waals surface area contributed by atoms with Crippen molar-refractivity contribution in [2.45, 2.75) is 18.7 Å². The van der Waals surface area contributed by atoms with Crippen LogP contribution in [0.3, 0.4) is 0 Å². The summed E-state index contributed by atoms with van der Waals surface area (Å²) in [4.78, 5) is 31.8. The molecule has 10 heteroatoms. The molecule has 0 aliphatic carbocycles. The molecule has 25 heavy (non-hydrogen) atoms. The molecule has 0 saturated heterocycles. The topological polar surface area (TPSA) is 141 Å². The van der Waals surface area contributed by atoms with Crippen molar-refractivity contribution in [2.24, 2.45) is 5.14 Å². The Kier molecular flexibility index (Phi) is 5.14. The van der Waals surface area contributed by atoms with Crippen LogP contribution in [0.15, 0.2) is 29.2 Å². The Morgan fingerprint density at radius 3 is 2.20 bits per heavy atom. The fourth-order valence-corrected chi connectivity index (χ4v) is 3.17. The standard InChI is InChI=1S/C15H16N4O5S/c1-8-7-9(2)18-15(17-8)19-13(20)10-5-4-6-11(14(21)24-3)12(10)25(16,22)23/h4-7H,1-3H3,(H2,16,22,23)(H,17,18,19,20). The first kappa shape index (κ1) is 18.5. The molecule has 0 saturated carbocycles. The summed E-state index contributed by atoms with van der Waals surface area (Å²) < 4.78 is 28.4. The second-order valence-electron chi connectivity index (χ2n) is 5.15. The molecule has 9 nitrogen and oxygen atoms in total. The summed E-state index contributed by atoms with van der Waals surface area (Å²) in [5.74, 6) is -1.74. The SMILES string of the molecule is COC(=O)c1cccc(C(=O)Nc2nc(C)cc(C)n2)c1S(N)(=O)=O. The minimum Gasteiger partial charge on any atom is -0.465 e. The average molecular weight is 364 g/mol. The normalized spacial score (nSPS) is 11.0. The molecule has 2 aromatic rings. The van der Waals surface area contributed by atoms with Gasteiger partial charge in [0, 0.05) is 11.4 Å². The monoisotopic (exact) mass is 364 g/mol. The first-order valence-corrected chi connectivity index (χ1v) is 8.56. The van der Waals surface area contributed by atoms with Crippen molar-refractivity contribution in [1.82, 2.24) is 9.97 Å². The molecule has 0 unspecified atom stereocenters. The Hall–Kier alpha value is -2.85. The van der Waals surface area contributed by atoms with Crippen LogP contribution >= 0.6 is 0 Å². The average Bonchev–Trinajstić information content (AvgIpc) is 2.51. The van der Waals surface area contributed by atoms with Gasteiger partial charge in [-0.05, 0) is 32.0 Å². The Morgan fingerprint density at radius 2 is 1.68 bits per heavy atom. The van der Waals surface area contributed by atoms with E-state index in [4.69, 9.17) is 5.14 Å². The third kappa shape index (κ3) is 4.17. The molecule has 0 atom stereocenters. The zero-order chi connectivity index (χ0) is 18.8. The van der Waals surface area contributed by atoms with Crippen LogP contribution in [-0.2, 0) is 14.8 Å². The van der Waals surface area contributed by atoms with Crippen molar-refractivity contribution in [1.29, 1.82) is 0 Å². The number of aromatic nitrogens is 2. The number of amides is 1. The zero-order valence-electron chi connectivity index (χ0n) is 13.7. The molecule has 1 heterocycles. The predicted molar refractivity (Wildman–Crippen MR) is 88.6 cm³/mol. The fraction of sp³-hybridized carbons (Fsp3) is 0.200. The van der Waals surface area contributed by atoms with E-state index in [0.29, 0.717) is 11.4 Å². The Morgan fingerprint density at radius 1 is 1.12 bits per heavy atom. The Balaban J connectivity index is 2.54. The van der Waals surface area contributed by atoms with E-state index in [1.165, 1.54) is 18.2 Å². The summed E-state index contributed by atoms with van der Waals surface area (Å²) in [5.41, 5.74) is 0.600. The number of hydrogen-bond donors (Lipinski definition) is 2. The van der Waals surface area contributed by atoms with Gasteiger partial charge in [0.1, 0.15) is 4.90 Å². The number of nitrogens with two attached hydrogens (primary N) is 1. The van der Waals surface area contributed by atoms with E-state index in [9.17, 15) is 18.0 Å². The third-order valence-corrected chi connectivity index (χ3v) is 4.17. The number of methoxy groups -OCH3 is 1. The molecule has 3 N–H and O–H groups in total. The number of nitrogens with one attached hydrogen (secondary N) is 1. The predicted octanol–water partition coefficient (Wildman–Crippen LogP) is 0.780. The first-order valence-electron chi connectivity index (χ1n) is 7.01. The Bertz CT molecular complexity index is 936. The van der Waals surface area contributed by atoms with Crippen molar-refractivity contribution in [3.8, 4) is 0 Å². The van der Waals surface area contributed by atoms with Crippen LogP contribution in [0.25, 0.3) is 0 Å². The maximum Gasteiger partial charge on any atom is 0.339 e. The van der Waals surface area contributed by atoms with Gasteiger partial charge < -0.3 is 4.74 Å². The Labute approximate surface area is 144 Å². The maximum atomic E-state index is 12.5. The van der Waals surface area contributed by atoms with Crippen LogP contribution < -0.4 is 10.5 Å². The minimum absolute atomic E-state index is 0.00587. The second-order valence-corrected chi connectivity index (χ2v) is 6.65. The molecule has 0 aliphatic rings. The van der Waals surface area contributed by atoms with E-state index in [1.54, 1.807) is 19.9 Å². The number of anilines is 1. The zero-order valence-corrected chi connectivity index (χ0v) is 14.5. The van der Waals surface area contributed by atoms with Gasteiger partial charge in [0.2, 0.25) is 16.0 Å². The van der Waals surface area contributed by atoms with Gasteiger partial charge in [-0.15, -0.1) is 0 Å². The van der Waals surface area contributed by atoms with Gasteiger partial charge in [0.15, 0.2) is 0 Å². The van der Waals surface area contributed by atoms with Crippen molar-refractivity contribution >= 4 is 27.8 Å². The van der Waals surface area contributed by atoms with Gasteiger partial charge in [-0.2, -0.15) is 0 Å². The number of carbonyl (C=O) groups is 2. The quantitative estimate of drug-likeness (QED) is 0.763. The van der Waals surface area contributed by atoms with Gasteiger partial charge >= 0.3 is 5.97 Å². The van der Waals surface area contributed by atoms with Gasteiger partial charge in [0.25, 0.3) is 5.91 Å².